The first-order valence-corrected chi connectivity index (χ1v) is 2.56. The van der Waals surface area contributed by atoms with Crippen LogP contribution in [0.3, 0.4) is 0 Å². The van der Waals surface area contributed by atoms with Crippen molar-refractivity contribution in [1.29, 1.82) is 0 Å². The maximum Gasteiger partial charge on any atom is 0.0495 e. The molecule has 0 aliphatic heterocycles. The van der Waals surface area contributed by atoms with Crippen molar-refractivity contribution in [3.05, 3.63) is 13.3 Å². The molecule has 42 valence electrons. The van der Waals surface area contributed by atoms with Gasteiger partial charge in [0, 0.05) is 13.2 Å². The van der Waals surface area contributed by atoms with Crippen LogP contribution < -0.4 is 0 Å². The molecule has 0 aromatic rings. The summed E-state index contributed by atoms with van der Waals surface area (Å²) in [5.74, 6) is 0. The number of hydrogen-bond acceptors (Lipinski definition) is 1. The van der Waals surface area contributed by atoms with E-state index < -0.39 is 0 Å². The van der Waals surface area contributed by atoms with Crippen molar-refractivity contribution >= 4 is 0 Å². The lowest BCUT2D eigenvalue weighted by molar-refractivity contribution is 0.159. The molecular formula is C6H12O. The van der Waals surface area contributed by atoms with Gasteiger partial charge in [0.1, 0.15) is 0 Å². The van der Waals surface area contributed by atoms with Gasteiger partial charge in [0.25, 0.3) is 0 Å². The summed E-state index contributed by atoms with van der Waals surface area (Å²) in [6, 6.07) is 0. The monoisotopic (exact) mass is 100 g/mol. The molecule has 7 heavy (non-hydrogen) atoms. The van der Waals surface area contributed by atoms with E-state index in [1.54, 1.807) is 0 Å². The van der Waals surface area contributed by atoms with Gasteiger partial charge in [-0.25, -0.2) is 0 Å². The Morgan fingerprint density at radius 1 is 1.71 bits per heavy atom. The zero-order valence-corrected chi connectivity index (χ0v) is 4.81. The van der Waals surface area contributed by atoms with Crippen LogP contribution in [0.1, 0.15) is 13.3 Å². The molecule has 0 aliphatic carbocycles. The highest BCUT2D eigenvalue weighted by atomic mass is 16.5. The van der Waals surface area contributed by atoms with E-state index in [0.717, 1.165) is 19.6 Å². The third-order valence-electron chi connectivity index (χ3n) is 0.573. The van der Waals surface area contributed by atoms with Crippen LogP contribution in [0.4, 0.5) is 0 Å². The second kappa shape index (κ2) is 5.96. The summed E-state index contributed by atoms with van der Waals surface area (Å²) in [6.45, 7) is 7.14. The number of rotatable bonds is 4. The zero-order valence-electron chi connectivity index (χ0n) is 4.81. The van der Waals surface area contributed by atoms with Crippen LogP contribution in [0.15, 0.2) is 0 Å². The van der Waals surface area contributed by atoms with Gasteiger partial charge in [0.2, 0.25) is 0 Å². The van der Waals surface area contributed by atoms with Gasteiger partial charge in [-0.15, -0.1) is 0 Å². The van der Waals surface area contributed by atoms with E-state index in [9.17, 15) is 0 Å². The fourth-order valence-corrected chi connectivity index (χ4v) is 0.303. The van der Waals surface area contributed by atoms with Crippen LogP contribution in [-0.2, 0) is 4.74 Å². The predicted molar refractivity (Wildman–Crippen MR) is 30.8 cm³/mol. The van der Waals surface area contributed by atoms with Crippen LogP contribution in [-0.4, -0.2) is 13.2 Å². The minimum atomic E-state index is 0.759. The normalized spacial score (nSPS) is 9.43. The van der Waals surface area contributed by atoms with Crippen molar-refractivity contribution < 1.29 is 4.74 Å². The molecule has 0 bridgehead atoms. The Bertz CT molecular complexity index is 23.4. The molecule has 0 atom stereocenters. The number of hydrogen-bond donors (Lipinski definition) is 0. The molecule has 0 spiro atoms. The Morgan fingerprint density at radius 2 is 2.43 bits per heavy atom. The van der Waals surface area contributed by atoms with Crippen molar-refractivity contribution in [2.45, 2.75) is 13.3 Å². The van der Waals surface area contributed by atoms with E-state index in [0.29, 0.717) is 0 Å². The van der Waals surface area contributed by atoms with Crippen LogP contribution in [0.2, 0.25) is 0 Å². The standard InChI is InChI=1S/C6H12O/c1-3-5-7-6-4-2/h4H,1,3,5-6H2,2H3. The Labute approximate surface area is 45.7 Å². The second-order valence-electron chi connectivity index (χ2n) is 1.34. The Kier molecular flexibility index (Phi) is 5.93. The molecule has 0 rings (SSSR count). The molecule has 2 radical (unpaired) electrons. The zero-order chi connectivity index (χ0) is 5.54. The summed E-state index contributed by atoms with van der Waals surface area (Å²) in [4.78, 5) is 0. The Balaban J connectivity index is 2.45. The molecule has 0 N–H and O–H groups in total. The molecule has 0 fully saturated rings. The minimum Gasteiger partial charge on any atom is -0.381 e. The van der Waals surface area contributed by atoms with E-state index in [2.05, 4.69) is 6.92 Å². The lowest BCUT2D eigenvalue weighted by Gasteiger charge is -1.95. The third kappa shape index (κ3) is 5.96. The molecule has 0 aromatic carbocycles. The molecule has 0 aliphatic rings. The maximum absolute atomic E-state index is 5.01. The van der Waals surface area contributed by atoms with Crippen LogP contribution in [0, 0.1) is 13.3 Å². The average molecular weight is 100 g/mol. The molecule has 0 amide bonds. The fourth-order valence-electron chi connectivity index (χ4n) is 0.303. The van der Waals surface area contributed by atoms with Gasteiger partial charge >= 0.3 is 0 Å². The van der Waals surface area contributed by atoms with Gasteiger partial charge in [-0.05, 0) is 12.8 Å². The molecular weight excluding hydrogens is 88.1 g/mol. The van der Waals surface area contributed by atoms with Crippen LogP contribution in [0.25, 0.3) is 0 Å². The van der Waals surface area contributed by atoms with Crippen LogP contribution >= 0.6 is 0 Å². The van der Waals surface area contributed by atoms with Crippen molar-refractivity contribution in [3.8, 4) is 0 Å². The van der Waals surface area contributed by atoms with E-state index in [-0.39, 0.29) is 0 Å². The highest BCUT2D eigenvalue weighted by molar-refractivity contribution is 4.50. The lowest BCUT2D eigenvalue weighted by Crippen LogP contribution is -1.93. The highest BCUT2D eigenvalue weighted by Crippen LogP contribution is 1.80. The van der Waals surface area contributed by atoms with Crippen molar-refractivity contribution in [1.82, 2.24) is 0 Å². The van der Waals surface area contributed by atoms with Gasteiger partial charge in [-0.3, -0.25) is 0 Å². The molecule has 0 aromatic heterocycles. The summed E-state index contributed by atoms with van der Waals surface area (Å²) in [5.41, 5.74) is 0. The van der Waals surface area contributed by atoms with Crippen molar-refractivity contribution in [2.24, 2.45) is 0 Å². The van der Waals surface area contributed by atoms with Crippen molar-refractivity contribution in [3.63, 3.8) is 0 Å². The first-order chi connectivity index (χ1) is 3.41. The maximum atomic E-state index is 5.01. The molecule has 0 saturated carbocycles. The minimum absolute atomic E-state index is 0.759. The highest BCUT2D eigenvalue weighted by Gasteiger charge is 1.78. The third-order valence-corrected chi connectivity index (χ3v) is 0.573. The van der Waals surface area contributed by atoms with Gasteiger partial charge < -0.3 is 4.74 Å². The first kappa shape index (κ1) is 6.96. The van der Waals surface area contributed by atoms with Gasteiger partial charge in [-0.2, -0.15) is 0 Å². The quantitative estimate of drug-likeness (QED) is 0.486. The molecule has 0 saturated heterocycles. The summed E-state index contributed by atoms with van der Waals surface area (Å²) < 4.78 is 5.01. The topological polar surface area (TPSA) is 9.23 Å². The summed E-state index contributed by atoms with van der Waals surface area (Å²) in [5, 5.41) is 0. The average Bonchev–Trinajstić information content (AvgIpc) is 1.69. The Morgan fingerprint density at radius 3 is 2.86 bits per heavy atom. The van der Waals surface area contributed by atoms with E-state index in [4.69, 9.17) is 4.74 Å². The first-order valence-electron chi connectivity index (χ1n) is 2.56. The van der Waals surface area contributed by atoms with Crippen LogP contribution in [0.5, 0.6) is 0 Å². The van der Waals surface area contributed by atoms with E-state index >= 15 is 0 Å². The summed E-state index contributed by atoms with van der Waals surface area (Å²) in [6.07, 6.45) is 2.85. The van der Waals surface area contributed by atoms with E-state index in [1.807, 2.05) is 13.3 Å². The largest absolute Gasteiger partial charge is 0.381 e. The van der Waals surface area contributed by atoms with Gasteiger partial charge in [0.05, 0.1) is 0 Å². The summed E-state index contributed by atoms with van der Waals surface area (Å²) in [7, 11) is 0. The predicted octanol–water partition coefficient (Wildman–Crippen LogP) is 1.45. The smallest absolute Gasteiger partial charge is 0.0495 e. The SMILES string of the molecule is [CH2]CCOC[CH]C. The van der Waals surface area contributed by atoms with E-state index in [1.165, 1.54) is 0 Å². The lowest BCUT2D eigenvalue weighted by atomic mass is 10.5. The molecule has 0 unspecified atom stereocenters. The second-order valence-corrected chi connectivity index (χ2v) is 1.34. The fraction of sp³-hybridized carbons (Fsp3) is 0.667. The number of ether oxygens (including phenoxy) is 1. The summed E-state index contributed by atoms with van der Waals surface area (Å²) >= 11 is 0. The Hall–Kier alpha value is -0.0400. The molecule has 1 heteroatoms. The molecule has 0 heterocycles. The van der Waals surface area contributed by atoms with Gasteiger partial charge in [0.15, 0.2) is 0 Å². The van der Waals surface area contributed by atoms with Crippen molar-refractivity contribution in [2.75, 3.05) is 13.2 Å². The van der Waals surface area contributed by atoms with Gasteiger partial charge in [-0.1, -0.05) is 13.8 Å². The molecule has 1 nitrogen and oxygen atoms in total.